The summed E-state index contributed by atoms with van der Waals surface area (Å²) >= 11 is 0. The number of nitrogens with two attached hydrogens (primary N) is 2. The van der Waals surface area contributed by atoms with Crippen molar-refractivity contribution in [3.63, 3.8) is 0 Å². The van der Waals surface area contributed by atoms with Crippen LogP contribution in [0, 0.1) is 11.3 Å². The summed E-state index contributed by atoms with van der Waals surface area (Å²) in [7, 11) is 1.15. The lowest BCUT2D eigenvalue weighted by Gasteiger charge is -2.17. The molecule has 0 heterocycles. The number of ether oxygens (including phenoxy) is 2. The fraction of sp³-hybridized carbons (Fsp3) is 0.261. The lowest BCUT2D eigenvalue weighted by Crippen LogP contribution is -2.38. The molecule has 0 aliphatic rings. The number of methoxy groups -OCH3 is 1. The molecule has 0 fully saturated rings. The zero-order chi connectivity index (χ0) is 29.4. The second-order valence-electron chi connectivity index (χ2n) is 7.64. The summed E-state index contributed by atoms with van der Waals surface area (Å²) in [5.74, 6) is 3.32. The quantitative estimate of drug-likeness (QED) is 0.150. The molecule has 6 N–H and O–H groups in total. The molecule has 2 aromatic carbocycles. The van der Waals surface area contributed by atoms with Gasteiger partial charge in [-0.1, -0.05) is 12.1 Å². The van der Waals surface area contributed by atoms with Gasteiger partial charge in [0.05, 0.1) is 30.9 Å². The molecular weight excluding hydrogens is 538 g/mol. The summed E-state index contributed by atoms with van der Waals surface area (Å²) in [4.78, 5) is 24.7. The molecule has 0 aliphatic heterocycles. The molecule has 0 aliphatic carbocycles. The van der Waals surface area contributed by atoms with Crippen molar-refractivity contribution in [1.82, 2.24) is 15.6 Å². The topological polar surface area (TPSA) is 156 Å². The lowest BCUT2D eigenvalue weighted by atomic mass is 10.1. The van der Waals surface area contributed by atoms with Crippen LogP contribution in [0.1, 0.15) is 27.5 Å². The van der Waals surface area contributed by atoms with Crippen molar-refractivity contribution >= 4 is 11.8 Å². The smallest absolute Gasteiger partial charge is 0.496 e. The van der Waals surface area contributed by atoms with Gasteiger partial charge < -0.3 is 30.8 Å². The maximum Gasteiger partial charge on any atom is 0.573 e. The molecule has 0 saturated heterocycles. The van der Waals surface area contributed by atoms with Gasteiger partial charge in [-0.05, 0) is 29.8 Å². The van der Waals surface area contributed by atoms with Crippen molar-refractivity contribution in [2.24, 2.45) is 11.6 Å². The second kappa shape index (κ2) is 12.7. The molecule has 10 nitrogen and oxygen atoms in total. The molecule has 0 aromatic heterocycles. The first-order chi connectivity index (χ1) is 18.1. The molecule has 0 bridgehead atoms. The van der Waals surface area contributed by atoms with E-state index < -0.39 is 47.4 Å². The van der Waals surface area contributed by atoms with Crippen LogP contribution in [0.15, 0.2) is 54.4 Å². The minimum absolute atomic E-state index is 0.0854. The summed E-state index contributed by atoms with van der Waals surface area (Å²) in [6.07, 6.45) is -8.50. The number of alkyl halides is 6. The average molecular weight is 560 g/mol. The van der Waals surface area contributed by atoms with Gasteiger partial charge in [-0.2, -0.15) is 18.4 Å². The average Bonchev–Trinajstić information content (AvgIpc) is 2.85. The van der Waals surface area contributed by atoms with Crippen molar-refractivity contribution in [2.45, 2.75) is 18.6 Å². The number of rotatable bonds is 10. The number of nitrogens with one attached hydrogen (secondary N) is 2. The lowest BCUT2D eigenvalue weighted by molar-refractivity contribution is -0.274. The predicted octanol–water partition coefficient (Wildman–Crippen LogP) is 2.70. The van der Waals surface area contributed by atoms with Gasteiger partial charge in [0.25, 0.3) is 11.8 Å². The third-order valence-electron chi connectivity index (χ3n) is 4.85. The minimum atomic E-state index is -4.93. The third-order valence-corrected chi connectivity index (χ3v) is 4.85. The predicted molar refractivity (Wildman–Crippen MR) is 123 cm³/mol. The van der Waals surface area contributed by atoms with E-state index in [-0.39, 0.29) is 30.0 Å². The van der Waals surface area contributed by atoms with E-state index in [1.54, 1.807) is 6.07 Å². The van der Waals surface area contributed by atoms with E-state index in [2.05, 4.69) is 15.4 Å². The highest BCUT2D eigenvalue weighted by atomic mass is 19.4. The largest absolute Gasteiger partial charge is 0.573 e. The van der Waals surface area contributed by atoms with E-state index in [1.807, 2.05) is 0 Å². The van der Waals surface area contributed by atoms with Gasteiger partial charge in [0.15, 0.2) is 0 Å². The third kappa shape index (κ3) is 9.31. The van der Waals surface area contributed by atoms with Crippen LogP contribution in [0.25, 0.3) is 0 Å². The Kier molecular flexibility index (Phi) is 9.98. The number of nitrogens with zero attached hydrogens (tertiary/aromatic N) is 2. The van der Waals surface area contributed by atoms with Crippen LogP contribution >= 0.6 is 0 Å². The Morgan fingerprint density at radius 2 is 1.77 bits per heavy atom. The maximum atomic E-state index is 12.7. The van der Waals surface area contributed by atoms with Crippen molar-refractivity contribution in [3.8, 4) is 17.6 Å². The number of hydrogen-bond donors (Lipinski definition) is 4. The van der Waals surface area contributed by atoms with E-state index in [4.69, 9.17) is 16.3 Å². The van der Waals surface area contributed by atoms with E-state index in [0.29, 0.717) is 0 Å². The standard InChI is InChI=1S/C23H22F6N6O4/c1-38-19-10-15(39-23(27,28)29)6-7-16(19)20(36)33-8-9-35(32)12-17(31)21(37)34-18(11-30)13-2-4-14(5-3-13)22(24,25)26/h2-7,10,12,18H,8-9,31-32H2,1H3,(H,33,36)(H,34,37)/b17-12-. The van der Waals surface area contributed by atoms with E-state index in [9.17, 15) is 41.2 Å². The Hall–Kier alpha value is -4.65. The van der Waals surface area contributed by atoms with Crippen molar-refractivity contribution in [3.05, 3.63) is 71.1 Å². The molecule has 2 rings (SSSR count). The molecule has 0 radical (unpaired) electrons. The van der Waals surface area contributed by atoms with E-state index in [1.165, 1.54) is 0 Å². The molecule has 39 heavy (non-hydrogen) atoms. The minimum Gasteiger partial charge on any atom is -0.496 e. The number of amides is 2. The van der Waals surface area contributed by atoms with E-state index >= 15 is 0 Å². The highest BCUT2D eigenvalue weighted by Gasteiger charge is 2.32. The van der Waals surface area contributed by atoms with Crippen LogP contribution in [0.4, 0.5) is 26.3 Å². The summed E-state index contributed by atoms with van der Waals surface area (Å²) in [5.41, 5.74) is 4.30. The Balaban J connectivity index is 1.93. The first-order valence-electron chi connectivity index (χ1n) is 10.7. The first-order valence-corrected chi connectivity index (χ1v) is 10.7. The van der Waals surface area contributed by atoms with Crippen LogP contribution in [0.3, 0.4) is 0 Å². The van der Waals surface area contributed by atoms with Gasteiger partial charge in [0.2, 0.25) is 0 Å². The van der Waals surface area contributed by atoms with Crippen LogP contribution in [-0.4, -0.2) is 43.4 Å². The number of benzene rings is 2. The van der Waals surface area contributed by atoms with Gasteiger partial charge in [0.1, 0.15) is 23.2 Å². The maximum absolute atomic E-state index is 12.7. The Labute approximate surface area is 217 Å². The van der Waals surface area contributed by atoms with Gasteiger partial charge >= 0.3 is 12.5 Å². The SMILES string of the molecule is COc1cc(OC(F)(F)F)ccc1C(=O)NCCN(N)/C=C(\N)C(=O)NC(C#N)c1ccc(C(F)(F)F)cc1. The Bertz CT molecular complexity index is 1240. The van der Waals surface area contributed by atoms with Gasteiger partial charge in [-0.25, -0.2) is 5.84 Å². The molecule has 2 amide bonds. The highest BCUT2D eigenvalue weighted by molar-refractivity contribution is 5.97. The fourth-order valence-electron chi connectivity index (χ4n) is 3.02. The van der Waals surface area contributed by atoms with Crippen LogP contribution in [0.5, 0.6) is 11.5 Å². The summed E-state index contributed by atoms with van der Waals surface area (Å²) in [5, 5.41) is 14.9. The normalized spacial score (nSPS) is 12.6. The number of carbonyl (C=O) groups excluding carboxylic acids is 2. The van der Waals surface area contributed by atoms with Crippen molar-refractivity contribution in [2.75, 3.05) is 20.2 Å². The Morgan fingerprint density at radius 1 is 1.13 bits per heavy atom. The number of hydrazine groups is 1. The molecular formula is C23H22F6N6O4. The second-order valence-corrected chi connectivity index (χ2v) is 7.64. The number of nitriles is 1. The van der Waals surface area contributed by atoms with Gasteiger partial charge in [0, 0.05) is 18.8 Å². The number of carbonyl (C=O) groups is 2. The summed E-state index contributed by atoms with van der Waals surface area (Å²) < 4.78 is 84.0. The van der Waals surface area contributed by atoms with Gasteiger partial charge in [-0.15, -0.1) is 13.2 Å². The molecule has 16 heteroatoms. The summed E-state index contributed by atoms with van der Waals surface area (Å²) in [6, 6.07) is 6.94. The zero-order valence-electron chi connectivity index (χ0n) is 20.1. The molecule has 0 spiro atoms. The van der Waals surface area contributed by atoms with Crippen molar-refractivity contribution in [1.29, 1.82) is 5.26 Å². The molecule has 1 unspecified atom stereocenters. The molecule has 2 aromatic rings. The summed E-state index contributed by atoms with van der Waals surface area (Å²) in [6.45, 7) is -0.186. The number of halogens is 6. The van der Waals surface area contributed by atoms with E-state index in [0.717, 1.165) is 60.8 Å². The van der Waals surface area contributed by atoms with Crippen molar-refractivity contribution < 1.29 is 45.4 Å². The van der Waals surface area contributed by atoms with Crippen LogP contribution in [0.2, 0.25) is 0 Å². The van der Waals surface area contributed by atoms with Crippen LogP contribution < -0.4 is 31.7 Å². The molecule has 0 saturated carbocycles. The number of hydrogen-bond acceptors (Lipinski definition) is 8. The van der Waals surface area contributed by atoms with Crippen LogP contribution in [-0.2, 0) is 11.0 Å². The fourth-order valence-corrected chi connectivity index (χ4v) is 3.02. The monoisotopic (exact) mass is 560 g/mol. The highest BCUT2D eigenvalue weighted by Crippen LogP contribution is 2.30. The van der Waals surface area contributed by atoms with Gasteiger partial charge in [-0.3, -0.25) is 9.59 Å². The molecule has 1 atom stereocenters. The Morgan fingerprint density at radius 3 is 2.31 bits per heavy atom. The zero-order valence-corrected chi connectivity index (χ0v) is 20.1. The molecule has 210 valence electrons. The first kappa shape index (κ1) is 30.6.